The van der Waals surface area contributed by atoms with E-state index in [-0.39, 0.29) is 17.6 Å². The van der Waals surface area contributed by atoms with Gasteiger partial charge < -0.3 is 10.0 Å². The van der Waals surface area contributed by atoms with Gasteiger partial charge in [0, 0.05) is 18.3 Å². The van der Waals surface area contributed by atoms with E-state index in [2.05, 4.69) is 9.97 Å². The molecule has 0 aliphatic heterocycles. The minimum absolute atomic E-state index is 0.0499. The molecule has 0 amide bonds. The molecule has 0 atom stereocenters. The summed E-state index contributed by atoms with van der Waals surface area (Å²) in [5.41, 5.74) is 0.463. The Hall–Kier alpha value is -1.08. The normalized spacial score (nSPS) is 11.6. The van der Waals surface area contributed by atoms with Gasteiger partial charge in [-0.3, -0.25) is 0 Å². The van der Waals surface area contributed by atoms with Gasteiger partial charge in [-0.2, -0.15) is 13.2 Å². The molecule has 1 aromatic rings. The zero-order valence-electron chi connectivity index (χ0n) is 9.00. The average Bonchev–Trinajstić information content (AvgIpc) is 2.13. The number of anilines is 1. The molecule has 0 aromatic carbocycles. The Balaban J connectivity index is 2.96. The summed E-state index contributed by atoms with van der Waals surface area (Å²) >= 11 is 5.57. The summed E-state index contributed by atoms with van der Waals surface area (Å²) in [4.78, 5) is 8.37. The van der Waals surface area contributed by atoms with Crippen LogP contribution in [0.15, 0.2) is 6.07 Å². The predicted octanol–water partition coefficient (Wildman–Crippen LogP) is 1.80. The Bertz CT molecular complexity index is 366. The highest BCUT2D eigenvalue weighted by molar-refractivity contribution is 6.28. The van der Waals surface area contributed by atoms with Crippen molar-refractivity contribution in [3.05, 3.63) is 17.0 Å². The zero-order chi connectivity index (χ0) is 13.1. The van der Waals surface area contributed by atoms with Crippen LogP contribution in [0.5, 0.6) is 0 Å². The molecule has 0 aliphatic carbocycles. The number of alkyl halides is 3. The van der Waals surface area contributed by atoms with E-state index in [4.69, 9.17) is 16.7 Å². The van der Waals surface area contributed by atoms with Gasteiger partial charge in [0.25, 0.3) is 0 Å². The molecule has 17 heavy (non-hydrogen) atoms. The summed E-state index contributed by atoms with van der Waals surface area (Å²) in [7, 11) is 0. The van der Waals surface area contributed by atoms with E-state index in [1.165, 1.54) is 6.07 Å². The fraction of sp³-hybridized carbons (Fsp3) is 0.556. The molecule has 0 fully saturated rings. The topological polar surface area (TPSA) is 49.2 Å². The van der Waals surface area contributed by atoms with Crippen LogP contribution in [0.1, 0.15) is 5.69 Å². The minimum atomic E-state index is -4.37. The Labute approximate surface area is 101 Å². The van der Waals surface area contributed by atoms with E-state index in [1.54, 1.807) is 6.92 Å². The minimum Gasteiger partial charge on any atom is -0.395 e. The Morgan fingerprint density at radius 2 is 2.06 bits per heavy atom. The molecule has 0 spiro atoms. The number of rotatable bonds is 4. The summed E-state index contributed by atoms with van der Waals surface area (Å²) in [6.07, 6.45) is -4.37. The molecule has 0 saturated heterocycles. The van der Waals surface area contributed by atoms with Crippen LogP contribution in [-0.2, 0) is 0 Å². The number of aliphatic hydroxyl groups excluding tert-OH is 1. The summed E-state index contributed by atoms with van der Waals surface area (Å²) in [6, 6.07) is 1.38. The third-order valence-corrected chi connectivity index (χ3v) is 2.05. The van der Waals surface area contributed by atoms with Gasteiger partial charge >= 0.3 is 6.18 Å². The first-order valence-corrected chi connectivity index (χ1v) is 5.13. The molecular formula is C9H11ClF3N3O. The third kappa shape index (κ3) is 4.74. The molecule has 4 nitrogen and oxygen atoms in total. The second-order valence-electron chi connectivity index (χ2n) is 3.40. The van der Waals surface area contributed by atoms with Gasteiger partial charge in [0.05, 0.1) is 6.61 Å². The van der Waals surface area contributed by atoms with Crippen LogP contribution >= 0.6 is 11.6 Å². The maximum atomic E-state index is 12.3. The van der Waals surface area contributed by atoms with Gasteiger partial charge in [-0.1, -0.05) is 0 Å². The molecule has 1 aromatic heterocycles. The molecule has 1 rings (SSSR count). The standard InChI is InChI=1S/C9H11ClF3N3O/c1-6-4-7(15-8(10)14-6)16(2-3-17)5-9(11,12)13/h4,17H,2-3,5H2,1H3. The average molecular weight is 270 g/mol. The molecule has 0 radical (unpaired) electrons. The molecule has 0 unspecified atom stereocenters. The van der Waals surface area contributed by atoms with Crippen LogP contribution in [0.25, 0.3) is 0 Å². The smallest absolute Gasteiger partial charge is 0.395 e. The van der Waals surface area contributed by atoms with Crippen LogP contribution in [-0.4, -0.2) is 40.9 Å². The summed E-state index contributed by atoms with van der Waals surface area (Å²) in [5.74, 6) is 0.0499. The van der Waals surface area contributed by atoms with Gasteiger partial charge in [0.2, 0.25) is 5.28 Å². The Kier molecular flexibility index (Phi) is 4.53. The van der Waals surface area contributed by atoms with Gasteiger partial charge in [0.15, 0.2) is 0 Å². The lowest BCUT2D eigenvalue weighted by atomic mass is 10.3. The third-order valence-electron chi connectivity index (χ3n) is 1.88. The lowest BCUT2D eigenvalue weighted by molar-refractivity contribution is -0.120. The van der Waals surface area contributed by atoms with Crippen molar-refractivity contribution in [1.29, 1.82) is 0 Å². The zero-order valence-corrected chi connectivity index (χ0v) is 9.76. The van der Waals surface area contributed by atoms with E-state index in [0.717, 1.165) is 4.90 Å². The van der Waals surface area contributed by atoms with Gasteiger partial charge in [-0.25, -0.2) is 9.97 Å². The maximum Gasteiger partial charge on any atom is 0.405 e. The van der Waals surface area contributed by atoms with E-state index in [9.17, 15) is 13.2 Å². The lowest BCUT2D eigenvalue weighted by Crippen LogP contribution is -2.37. The Morgan fingerprint density at radius 3 is 2.53 bits per heavy atom. The molecule has 1 heterocycles. The SMILES string of the molecule is Cc1cc(N(CCO)CC(F)(F)F)nc(Cl)n1. The fourth-order valence-electron chi connectivity index (χ4n) is 1.29. The number of aliphatic hydroxyl groups is 1. The van der Waals surface area contributed by atoms with E-state index in [0.29, 0.717) is 5.69 Å². The number of halogens is 4. The first-order valence-electron chi connectivity index (χ1n) is 4.75. The van der Waals surface area contributed by atoms with Crippen LogP contribution in [0.3, 0.4) is 0 Å². The van der Waals surface area contributed by atoms with Crippen molar-refractivity contribution in [3.63, 3.8) is 0 Å². The first-order chi connectivity index (χ1) is 7.81. The van der Waals surface area contributed by atoms with E-state index in [1.807, 2.05) is 0 Å². The van der Waals surface area contributed by atoms with Crippen molar-refractivity contribution < 1.29 is 18.3 Å². The van der Waals surface area contributed by atoms with Gasteiger partial charge in [-0.05, 0) is 18.5 Å². The first kappa shape index (κ1) is 14.0. The van der Waals surface area contributed by atoms with Crippen LogP contribution < -0.4 is 4.90 Å². The quantitative estimate of drug-likeness (QED) is 0.847. The number of aryl methyl sites for hydroxylation is 1. The molecule has 8 heteroatoms. The van der Waals surface area contributed by atoms with Gasteiger partial charge in [-0.15, -0.1) is 0 Å². The van der Waals surface area contributed by atoms with Crippen molar-refractivity contribution in [2.45, 2.75) is 13.1 Å². The predicted molar refractivity (Wildman–Crippen MR) is 57.1 cm³/mol. The largest absolute Gasteiger partial charge is 0.405 e. The Morgan fingerprint density at radius 1 is 1.41 bits per heavy atom. The highest BCUT2D eigenvalue weighted by atomic mass is 35.5. The van der Waals surface area contributed by atoms with E-state index < -0.39 is 19.3 Å². The van der Waals surface area contributed by atoms with Crippen LogP contribution in [0.2, 0.25) is 5.28 Å². The monoisotopic (exact) mass is 269 g/mol. The molecule has 0 aliphatic rings. The number of hydrogen-bond acceptors (Lipinski definition) is 4. The lowest BCUT2D eigenvalue weighted by Gasteiger charge is -2.24. The van der Waals surface area contributed by atoms with Crippen molar-refractivity contribution in [2.75, 3.05) is 24.6 Å². The van der Waals surface area contributed by atoms with Gasteiger partial charge in [0.1, 0.15) is 12.4 Å². The highest BCUT2D eigenvalue weighted by Gasteiger charge is 2.31. The molecule has 0 bridgehead atoms. The fourth-order valence-corrected chi connectivity index (χ4v) is 1.51. The van der Waals surface area contributed by atoms with Crippen molar-refractivity contribution in [3.8, 4) is 0 Å². The number of aromatic nitrogens is 2. The summed E-state index contributed by atoms with van der Waals surface area (Å²) < 4.78 is 36.9. The second kappa shape index (κ2) is 5.50. The van der Waals surface area contributed by atoms with Crippen molar-refractivity contribution in [1.82, 2.24) is 9.97 Å². The maximum absolute atomic E-state index is 12.3. The highest BCUT2D eigenvalue weighted by Crippen LogP contribution is 2.21. The molecule has 0 saturated carbocycles. The molecule has 96 valence electrons. The second-order valence-corrected chi connectivity index (χ2v) is 3.73. The summed E-state index contributed by atoms with van der Waals surface area (Å²) in [5, 5.41) is 8.63. The number of hydrogen-bond donors (Lipinski definition) is 1. The molecular weight excluding hydrogens is 259 g/mol. The van der Waals surface area contributed by atoms with Crippen molar-refractivity contribution >= 4 is 17.4 Å². The molecule has 1 N–H and O–H groups in total. The summed E-state index contributed by atoms with van der Waals surface area (Å²) in [6.45, 7) is -0.175. The van der Waals surface area contributed by atoms with Crippen LogP contribution in [0.4, 0.5) is 19.0 Å². The van der Waals surface area contributed by atoms with Crippen molar-refractivity contribution in [2.24, 2.45) is 0 Å². The number of nitrogens with zero attached hydrogens (tertiary/aromatic N) is 3. The van der Waals surface area contributed by atoms with E-state index >= 15 is 0 Å². The van der Waals surface area contributed by atoms with Crippen LogP contribution in [0, 0.1) is 6.92 Å².